The van der Waals surface area contributed by atoms with Crippen LogP contribution in [0.4, 0.5) is 0 Å². The first-order valence-corrected chi connectivity index (χ1v) is 5.57. The minimum atomic E-state index is -0.687. The van der Waals surface area contributed by atoms with Gasteiger partial charge in [0.15, 0.2) is 5.82 Å². The molecule has 1 N–H and O–H groups in total. The fourth-order valence-electron chi connectivity index (χ4n) is 1.50. The van der Waals surface area contributed by atoms with E-state index >= 15 is 0 Å². The second-order valence-corrected chi connectivity index (χ2v) is 3.69. The van der Waals surface area contributed by atoms with Gasteiger partial charge in [-0.25, -0.2) is 9.36 Å². The van der Waals surface area contributed by atoms with Gasteiger partial charge in [-0.3, -0.25) is 14.3 Å². The fourth-order valence-corrected chi connectivity index (χ4v) is 1.50. The largest absolute Gasteiger partial charge is 0.442 e. The Kier molecular flexibility index (Phi) is 3.87. The van der Waals surface area contributed by atoms with Gasteiger partial charge in [0.1, 0.15) is 6.54 Å². The summed E-state index contributed by atoms with van der Waals surface area (Å²) in [5.74, 6) is -0.741. The van der Waals surface area contributed by atoms with E-state index in [9.17, 15) is 9.59 Å². The maximum Gasteiger partial charge on any atom is 0.442 e. The van der Waals surface area contributed by atoms with Crippen molar-refractivity contribution in [2.45, 2.75) is 6.54 Å². The lowest BCUT2D eigenvalue weighted by molar-refractivity contribution is -0.121. The number of carbonyl (C=O) groups is 1. The van der Waals surface area contributed by atoms with E-state index in [0.29, 0.717) is 12.1 Å². The maximum absolute atomic E-state index is 11.6. The number of nitrogens with zero attached hydrogens (tertiary/aromatic N) is 3. The summed E-state index contributed by atoms with van der Waals surface area (Å²) in [5.41, 5.74) is 0.602. The molecule has 0 unspecified atom stereocenters. The van der Waals surface area contributed by atoms with Crippen molar-refractivity contribution in [1.82, 2.24) is 20.0 Å². The number of carbonyl (C=O) groups excluding carboxylic acids is 1. The summed E-state index contributed by atoms with van der Waals surface area (Å²) in [5, 5.41) is 6.23. The SMILES string of the molecule is C=CCNC(=O)Cn1c(-c2cccnc2)noc1=O. The second kappa shape index (κ2) is 5.76. The van der Waals surface area contributed by atoms with Gasteiger partial charge in [-0.15, -0.1) is 6.58 Å². The van der Waals surface area contributed by atoms with Crippen molar-refractivity contribution >= 4 is 5.91 Å². The van der Waals surface area contributed by atoms with Crippen LogP contribution >= 0.6 is 0 Å². The van der Waals surface area contributed by atoms with Crippen LogP contribution in [0.2, 0.25) is 0 Å². The summed E-state index contributed by atoms with van der Waals surface area (Å²) in [6.07, 6.45) is 4.69. The Hall–Kier alpha value is -2.70. The fraction of sp³-hybridized carbons (Fsp3) is 0.167. The number of hydrogen-bond donors (Lipinski definition) is 1. The smallest absolute Gasteiger partial charge is 0.351 e. The molecule has 2 aromatic heterocycles. The molecule has 0 radical (unpaired) electrons. The van der Waals surface area contributed by atoms with E-state index in [-0.39, 0.29) is 18.3 Å². The highest BCUT2D eigenvalue weighted by Gasteiger charge is 2.15. The van der Waals surface area contributed by atoms with Gasteiger partial charge in [0, 0.05) is 24.5 Å². The van der Waals surface area contributed by atoms with Gasteiger partial charge in [-0.1, -0.05) is 11.2 Å². The zero-order chi connectivity index (χ0) is 13.7. The minimum absolute atomic E-state index is 0.166. The van der Waals surface area contributed by atoms with Gasteiger partial charge in [-0.2, -0.15) is 0 Å². The topological polar surface area (TPSA) is 90.0 Å². The number of aromatic nitrogens is 3. The van der Waals surface area contributed by atoms with Gasteiger partial charge in [-0.05, 0) is 12.1 Å². The molecule has 98 valence electrons. The number of rotatable bonds is 5. The molecule has 0 aliphatic rings. The lowest BCUT2D eigenvalue weighted by atomic mass is 10.3. The molecular formula is C12H12N4O3. The van der Waals surface area contributed by atoms with E-state index in [2.05, 4.69) is 26.6 Å². The first kappa shape index (κ1) is 12.7. The first-order valence-electron chi connectivity index (χ1n) is 5.57. The van der Waals surface area contributed by atoms with Crippen molar-refractivity contribution < 1.29 is 9.32 Å². The van der Waals surface area contributed by atoms with Gasteiger partial charge in [0.05, 0.1) is 0 Å². The summed E-state index contributed by atoms with van der Waals surface area (Å²) < 4.78 is 5.73. The minimum Gasteiger partial charge on any atom is -0.351 e. The molecule has 0 bridgehead atoms. The number of nitrogens with one attached hydrogen (secondary N) is 1. The lowest BCUT2D eigenvalue weighted by Gasteiger charge is -2.04. The number of amides is 1. The quantitative estimate of drug-likeness (QED) is 0.775. The van der Waals surface area contributed by atoms with Gasteiger partial charge >= 0.3 is 5.76 Å². The van der Waals surface area contributed by atoms with Crippen LogP contribution in [0, 0.1) is 0 Å². The standard InChI is InChI=1S/C12H12N4O3/c1-2-5-14-10(17)8-16-11(15-19-12(16)18)9-4-3-6-13-7-9/h2-4,6-7H,1,5,8H2,(H,14,17). The highest BCUT2D eigenvalue weighted by atomic mass is 16.5. The third kappa shape index (κ3) is 2.95. The predicted octanol–water partition coefficient (Wildman–Crippen LogP) is 0.200. The van der Waals surface area contributed by atoms with Crippen molar-refractivity contribution in [2.24, 2.45) is 0 Å². The Labute approximate surface area is 108 Å². The van der Waals surface area contributed by atoms with Crippen molar-refractivity contribution in [3.8, 4) is 11.4 Å². The molecule has 7 nitrogen and oxygen atoms in total. The molecule has 0 atom stereocenters. The molecule has 0 fully saturated rings. The Morgan fingerprint density at radius 3 is 3.11 bits per heavy atom. The van der Waals surface area contributed by atoms with Crippen LogP contribution in [0.15, 0.2) is 46.5 Å². The van der Waals surface area contributed by atoms with E-state index < -0.39 is 5.76 Å². The van der Waals surface area contributed by atoms with Crippen molar-refractivity contribution in [3.05, 3.63) is 47.7 Å². The Bertz CT molecular complexity index is 630. The summed E-state index contributed by atoms with van der Waals surface area (Å²) in [6.45, 7) is 3.66. The Morgan fingerprint density at radius 2 is 2.42 bits per heavy atom. The first-order chi connectivity index (χ1) is 9.22. The summed E-state index contributed by atoms with van der Waals surface area (Å²) in [7, 11) is 0. The van der Waals surface area contributed by atoms with Crippen LogP contribution in [-0.2, 0) is 11.3 Å². The molecule has 0 saturated heterocycles. The number of hydrogen-bond acceptors (Lipinski definition) is 5. The van der Waals surface area contributed by atoms with E-state index in [1.165, 1.54) is 6.20 Å². The van der Waals surface area contributed by atoms with Crippen LogP contribution in [0.3, 0.4) is 0 Å². The molecule has 1 amide bonds. The van der Waals surface area contributed by atoms with E-state index in [4.69, 9.17) is 0 Å². The van der Waals surface area contributed by atoms with Gasteiger partial charge in [0.2, 0.25) is 5.91 Å². The normalized spacial score (nSPS) is 10.1. The van der Waals surface area contributed by atoms with E-state index in [1.54, 1.807) is 24.4 Å². The zero-order valence-electron chi connectivity index (χ0n) is 10.1. The monoisotopic (exact) mass is 260 g/mol. The predicted molar refractivity (Wildman–Crippen MR) is 67.2 cm³/mol. The molecule has 2 aromatic rings. The maximum atomic E-state index is 11.6. The molecule has 7 heteroatoms. The van der Waals surface area contributed by atoms with Crippen LogP contribution in [0.5, 0.6) is 0 Å². The average Bonchev–Trinajstić information content (AvgIpc) is 2.79. The number of pyridine rings is 1. The van der Waals surface area contributed by atoms with E-state index in [0.717, 1.165) is 4.57 Å². The van der Waals surface area contributed by atoms with Crippen LogP contribution in [0.1, 0.15) is 0 Å². The summed E-state index contributed by atoms with van der Waals surface area (Å²) in [6, 6.07) is 3.43. The summed E-state index contributed by atoms with van der Waals surface area (Å²) >= 11 is 0. The highest BCUT2D eigenvalue weighted by molar-refractivity contribution is 5.76. The molecule has 0 aliphatic heterocycles. The molecule has 2 heterocycles. The lowest BCUT2D eigenvalue weighted by Crippen LogP contribution is -2.31. The second-order valence-electron chi connectivity index (χ2n) is 3.69. The molecule has 19 heavy (non-hydrogen) atoms. The van der Waals surface area contributed by atoms with E-state index in [1.807, 2.05) is 0 Å². The Morgan fingerprint density at radius 1 is 1.58 bits per heavy atom. The molecule has 0 saturated carbocycles. The van der Waals surface area contributed by atoms with Crippen molar-refractivity contribution in [2.75, 3.05) is 6.54 Å². The zero-order valence-corrected chi connectivity index (χ0v) is 10.1. The van der Waals surface area contributed by atoms with Crippen molar-refractivity contribution in [3.63, 3.8) is 0 Å². The third-order valence-corrected chi connectivity index (χ3v) is 2.35. The highest BCUT2D eigenvalue weighted by Crippen LogP contribution is 2.13. The van der Waals surface area contributed by atoms with Gasteiger partial charge < -0.3 is 5.32 Å². The molecule has 0 spiro atoms. The van der Waals surface area contributed by atoms with Crippen LogP contribution < -0.4 is 11.1 Å². The third-order valence-electron chi connectivity index (χ3n) is 2.35. The van der Waals surface area contributed by atoms with Gasteiger partial charge in [0.25, 0.3) is 0 Å². The van der Waals surface area contributed by atoms with Crippen LogP contribution in [-0.4, -0.2) is 27.2 Å². The molecule has 2 rings (SSSR count). The molecule has 0 aliphatic carbocycles. The van der Waals surface area contributed by atoms with Crippen LogP contribution in [0.25, 0.3) is 11.4 Å². The molecule has 0 aromatic carbocycles. The summed E-state index contributed by atoms with van der Waals surface area (Å²) in [4.78, 5) is 27.1. The average molecular weight is 260 g/mol. The Balaban J connectivity index is 2.26. The van der Waals surface area contributed by atoms with Crippen molar-refractivity contribution in [1.29, 1.82) is 0 Å². The molecular weight excluding hydrogens is 248 g/mol.